The molecule has 4 aromatic carbocycles. The van der Waals surface area contributed by atoms with Crippen LogP contribution in [-0.2, 0) is 32.4 Å². The van der Waals surface area contributed by atoms with E-state index in [1.807, 2.05) is 49.4 Å². The second-order valence-corrected chi connectivity index (χ2v) is 15.1. The molecule has 0 saturated heterocycles. The molecular formula is C39H42N2O6S. The summed E-state index contributed by atoms with van der Waals surface area (Å²) in [6.07, 6.45) is 1.38. The van der Waals surface area contributed by atoms with Gasteiger partial charge in [-0.25, -0.2) is 13.2 Å². The average Bonchev–Trinajstić information content (AvgIpc) is 3.04. The first-order valence-corrected chi connectivity index (χ1v) is 17.3. The van der Waals surface area contributed by atoms with Gasteiger partial charge in [0, 0.05) is 0 Å². The van der Waals surface area contributed by atoms with Gasteiger partial charge in [-0.2, -0.15) is 9.57 Å². The number of benzene rings is 4. The molecule has 4 aromatic rings. The molecule has 4 rings (SSSR count). The van der Waals surface area contributed by atoms with Gasteiger partial charge in [0.05, 0.1) is 27.6 Å². The zero-order valence-corrected chi connectivity index (χ0v) is 28.9. The van der Waals surface area contributed by atoms with Gasteiger partial charge < -0.3 is 9.84 Å². The number of sulfonamides is 1. The minimum absolute atomic E-state index is 0.0600. The monoisotopic (exact) mass is 666 g/mol. The van der Waals surface area contributed by atoms with Gasteiger partial charge in [-0.05, 0) is 125 Å². The zero-order valence-electron chi connectivity index (χ0n) is 28.1. The number of rotatable bonds is 12. The maximum Gasteiger partial charge on any atom is 0.429 e. The highest BCUT2D eigenvalue weighted by molar-refractivity contribution is 7.93. The molecule has 9 heteroatoms. The van der Waals surface area contributed by atoms with Crippen LogP contribution in [0.2, 0.25) is 0 Å². The van der Waals surface area contributed by atoms with Gasteiger partial charge in [-0.15, -0.1) is 0 Å². The number of aryl methyl sites for hydroxylation is 3. The van der Waals surface area contributed by atoms with Crippen LogP contribution in [0.1, 0.15) is 69.2 Å². The first kappa shape index (κ1) is 35.9. The number of carbonyl (C=O) groups is 2. The summed E-state index contributed by atoms with van der Waals surface area (Å²) in [5.74, 6) is -0.880. The molecule has 8 nitrogen and oxygen atoms in total. The SMILES string of the molecule is Cc1ccc(N(C(=O)OC(C)(C)C)S(=O)(=O)c2cccc(CCCC(C)(CCc3ccc(-c4cccc(C#N)c4)cc3)C(=O)O)c2)cc1. The minimum atomic E-state index is -4.34. The fourth-order valence-electron chi connectivity index (χ4n) is 5.37. The smallest absolute Gasteiger partial charge is 0.429 e. The number of carboxylic acid groups (broad SMARTS) is 1. The summed E-state index contributed by atoms with van der Waals surface area (Å²) in [7, 11) is -4.34. The number of nitrogens with zero attached hydrogens (tertiary/aromatic N) is 2. The fourth-order valence-corrected chi connectivity index (χ4v) is 6.76. The number of ether oxygens (including phenoxy) is 1. The highest BCUT2D eigenvalue weighted by atomic mass is 32.2. The number of carboxylic acids is 1. The van der Waals surface area contributed by atoms with Crippen molar-refractivity contribution in [1.29, 1.82) is 5.26 Å². The van der Waals surface area contributed by atoms with Crippen LogP contribution in [0.15, 0.2) is 102 Å². The van der Waals surface area contributed by atoms with Crippen molar-refractivity contribution in [3.63, 3.8) is 0 Å². The third-order valence-corrected chi connectivity index (χ3v) is 9.91. The summed E-state index contributed by atoms with van der Waals surface area (Å²) < 4.78 is 34.0. The van der Waals surface area contributed by atoms with Gasteiger partial charge >= 0.3 is 12.1 Å². The van der Waals surface area contributed by atoms with Crippen LogP contribution < -0.4 is 4.31 Å². The molecular weight excluding hydrogens is 625 g/mol. The van der Waals surface area contributed by atoms with Crippen molar-refractivity contribution in [1.82, 2.24) is 0 Å². The summed E-state index contributed by atoms with van der Waals surface area (Å²) in [5, 5.41) is 19.4. The number of aliphatic carboxylic acids is 1. The van der Waals surface area contributed by atoms with Crippen LogP contribution >= 0.6 is 0 Å². The van der Waals surface area contributed by atoms with Crippen LogP contribution in [0.5, 0.6) is 0 Å². The highest BCUT2D eigenvalue weighted by Crippen LogP contribution is 2.32. The molecule has 1 unspecified atom stereocenters. The molecule has 0 spiro atoms. The molecule has 0 aromatic heterocycles. The molecule has 0 heterocycles. The van der Waals surface area contributed by atoms with Crippen LogP contribution in [0.4, 0.5) is 10.5 Å². The summed E-state index contributed by atoms with van der Waals surface area (Å²) in [4.78, 5) is 25.6. The molecule has 1 amide bonds. The van der Waals surface area contributed by atoms with E-state index in [2.05, 4.69) is 6.07 Å². The predicted molar refractivity (Wildman–Crippen MR) is 187 cm³/mol. The molecule has 0 aliphatic heterocycles. The Morgan fingerprint density at radius 1 is 0.812 bits per heavy atom. The van der Waals surface area contributed by atoms with E-state index in [1.165, 1.54) is 12.1 Å². The standard InChI is InChI=1S/C39H42N2O6S/c1-28-14-20-34(21-15-28)41(37(44)47-38(2,3)4)48(45,46)35-13-7-9-30(26-35)11-8-23-39(5,36(42)43)24-22-29-16-18-32(19-17-29)33-12-6-10-31(25-33)27-40/h6-7,9-10,12-21,25-26H,8,11,22-24H2,1-5H3,(H,42,43). The van der Waals surface area contributed by atoms with E-state index < -0.39 is 33.1 Å². The average molecular weight is 667 g/mol. The van der Waals surface area contributed by atoms with E-state index in [4.69, 9.17) is 4.74 Å². The highest BCUT2D eigenvalue weighted by Gasteiger charge is 2.35. The predicted octanol–water partition coefficient (Wildman–Crippen LogP) is 8.71. The Kier molecular flexibility index (Phi) is 11.1. The van der Waals surface area contributed by atoms with Crippen molar-refractivity contribution in [2.24, 2.45) is 5.41 Å². The number of amides is 1. The summed E-state index contributed by atoms with van der Waals surface area (Å²) in [6.45, 7) is 8.63. The molecule has 1 N–H and O–H groups in total. The van der Waals surface area contributed by atoms with Crippen LogP contribution in [0.25, 0.3) is 11.1 Å². The lowest BCUT2D eigenvalue weighted by Gasteiger charge is -2.27. The topological polar surface area (TPSA) is 125 Å². The second kappa shape index (κ2) is 14.9. The van der Waals surface area contributed by atoms with Crippen molar-refractivity contribution < 1.29 is 27.9 Å². The Morgan fingerprint density at radius 2 is 1.48 bits per heavy atom. The Morgan fingerprint density at radius 3 is 2.10 bits per heavy atom. The molecule has 0 fully saturated rings. The third-order valence-electron chi connectivity index (χ3n) is 8.22. The lowest BCUT2D eigenvalue weighted by Crippen LogP contribution is -2.41. The first-order valence-electron chi connectivity index (χ1n) is 15.9. The van der Waals surface area contributed by atoms with Gasteiger partial charge in [0.15, 0.2) is 0 Å². The number of anilines is 1. The van der Waals surface area contributed by atoms with Gasteiger partial charge in [0.2, 0.25) is 0 Å². The summed E-state index contributed by atoms with van der Waals surface area (Å²) in [6, 6.07) is 30.5. The lowest BCUT2D eigenvalue weighted by molar-refractivity contribution is -0.148. The molecule has 0 aliphatic carbocycles. The van der Waals surface area contributed by atoms with E-state index in [0.717, 1.165) is 22.3 Å². The van der Waals surface area contributed by atoms with Crippen molar-refractivity contribution in [3.05, 3.63) is 119 Å². The maximum absolute atomic E-state index is 13.9. The van der Waals surface area contributed by atoms with E-state index in [-0.39, 0.29) is 10.6 Å². The number of hydrogen-bond donors (Lipinski definition) is 1. The molecule has 1 atom stereocenters. The molecule has 0 saturated carbocycles. The Balaban J connectivity index is 1.45. The van der Waals surface area contributed by atoms with E-state index in [1.54, 1.807) is 70.2 Å². The zero-order chi connectivity index (χ0) is 35.1. The quantitative estimate of drug-likeness (QED) is 0.160. The van der Waals surface area contributed by atoms with Gasteiger partial charge in [0.25, 0.3) is 10.0 Å². The molecule has 0 aliphatic rings. The Bertz CT molecular complexity index is 1910. The van der Waals surface area contributed by atoms with E-state index in [0.29, 0.717) is 47.5 Å². The summed E-state index contributed by atoms with van der Waals surface area (Å²) in [5.41, 5.74) is 3.43. The molecule has 48 heavy (non-hydrogen) atoms. The van der Waals surface area contributed by atoms with Crippen molar-refractivity contribution in [3.8, 4) is 17.2 Å². The maximum atomic E-state index is 13.9. The number of carbonyl (C=O) groups excluding carboxylic acids is 1. The number of hydrogen-bond acceptors (Lipinski definition) is 6. The second-order valence-electron chi connectivity index (χ2n) is 13.3. The Hall–Kier alpha value is -4.94. The van der Waals surface area contributed by atoms with Gasteiger partial charge in [-0.3, -0.25) is 4.79 Å². The number of nitriles is 1. The fraction of sp³-hybridized carbons (Fsp3) is 0.308. The van der Waals surface area contributed by atoms with Crippen LogP contribution in [0, 0.1) is 23.7 Å². The van der Waals surface area contributed by atoms with Crippen molar-refractivity contribution in [2.45, 2.75) is 77.2 Å². The van der Waals surface area contributed by atoms with E-state index in [9.17, 15) is 28.4 Å². The third kappa shape index (κ3) is 9.11. The van der Waals surface area contributed by atoms with Crippen molar-refractivity contribution >= 4 is 27.8 Å². The minimum Gasteiger partial charge on any atom is -0.481 e. The molecule has 0 radical (unpaired) electrons. The lowest BCUT2D eigenvalue weighted by atomic mass is 9.79. The Labute approximate surface area is 283 Å². The van der Waals surface area contributed by atoms with E-state index >= 15 is 0 Å². The van der Waals surface area contributed by atoms with Gasteiger partial charge in [0.1, 0.15) is 5.60 Å². The normalized spacial score (nSPS) is 12.8. The summed E-state index contributed by atoms with van der Waals surface area (Å²) >= 11 is 0. The first-order chi connectivity index (χ1) is 22.6. The van der Waals surface area contributed by atoms with Gasteiger partial charge in [-0.1, -0.05) is 66.2 Å². The molecule has 250 valence electrons. The molecule has 0 bridgehead atoms. The van der Waals surface area contributed by atoms with Crippen LogP contribution in [0.3, 0.4) is 0 Å². The van der Waals surface area contributed by atoms with Crippen molar-refractivity contribution in [2.75, 3.05) is 4.31 Å². The largest absolute Gasteiger partial charge is 0.481 e. The van der Waals surface area contributed by atoms with Crippen LogP contribution in [-0.4, -0.2) is 31.2 Å².